The smallest absolute Gasteiger partial charge is 0.165 e. The van der Waals surface area contributed by atoms with Crippen molar-refractivity contribution in [3.8, 4) is 17.2 Å². The molecule has 2 aromatic rings. The molecular formula is C21H25FN2O4S. The second-order valence-electron chi connectivity index (χ2n) is 7.78. The number of ether oxygens (including phenoxy) is 2. The number of benzene rings is 1. The average molecular weight is 421 g/mol. The lowest BCUT2D eigenvalue weighted by Gasteiger charge is -2.23. The quantitative estimate of drug-likeness (QED) is 0.657. The van der Waals surface area contributed by atoms with E-state index < -0.39 is 0 Å². The zero-order valence-corrected chi connectivity index (χ0v) is 17.0. The fraction of sp³-hybridized carbons (Fsp3) is 0.476. The van der Waals surface area contributed by atoms with Gasteiger partial charge in [-0.1, -0.05) is 0 Å². The molecule has 8 heteroatoms. The molecule has 0 spiro atoms. The third kappa shape index (κ3) is 4.60. The largest absolute Gasteiger partial charge is 0.506 e. The summed E-state index contributed by atoms with van der Waals surface area (Å²) in [5.74, 6) is 1.59. The predicted molar refractivity (Wildman–Crippen MR) is 109 cm³/mol. The maximum atomic E-state index is 14.0. The molecule has 0 bridgehead atoms. The highest BCUT2D eigenvalue weighted by atomic mass is 32.2. The van der Waals surface area contributed by atoms with Crippen LogP contribution in [0.5, 0.6) is 17.2 Å². The molecule has 1 saturated heterocycles. The van der Waals surface area contributed by atoms with Crippen molar-refractivity contribution in [1.82, 2.24) is 9.88 Å². The lowest BCUT2D eigenvalue weighted by Crippen LogP contribution is -2.28. The first kappa shape index (κ1) is 20.3. The van der Waals surface area contributed by atoms with Gasteiger partial charge in [0.05, 0.1) is 30.4 Å². The SMILES string of the molecule is COc1ccc(F)c(O[C@H]2C[C@@H]3CN(CC(SO)c4ccc(O)cn4)C[C@@H]3C2)c1. The summed E-state index contributed by atoms with van der Waals surface area (Å²) < 4.78 is 34.9. The molecule has 1 aromatic heterocycles. The van der Waals surface area contributed by atoms with Gasteiger partial charge in [-0.2, -0.15) is 0 Å². The summed E-state index contributed by atoms with van der Waals surface area (Å²) in [4.78, 5) is 6.57. The summed E-state index contributed by atoms with van der Waals surface area (Å²) in [6.45, 7) is 2.56. The van der Waals surface area contributed by atoms with Crippen molar-refractivity contribution in [3.63, 3.8) is 0 Å². The molecule has 29 heavy (non-hydrogen) atoms. The van der Waals surface area contributed by atoms with Gasteiger partial charge in [-0.25, -0.2) is 4.39 Å². The van der Waals surface area contributed by atoms with E-state index in [0.717, 1.165) is 43.7 Å². The van der Waals surface area contributed by atoms with E-state index in [1.807, 2.05) is 0 Å². The van der Waals surface area contributed by atoms with Gasteiger partial charge in [0.25, 0.3) is 0 Å². The van der Waals surface area contributed by atoms with Crippen molar-refractivity contribution in [2.45, 2.75) is 24.2 Å². The first-order chi connectivity index (χ1) is 14.1. The first-order valence-corrected chi connectivity index (χ1v) is 10.6. The Labute approximate surface area is 173 Å². The van der Waals surface area contributed by atoms with E-state index in [1.165, 1.54) is 12.3 Å². The number of pyridine rings is 1. The highest BCUT2D eigenvalue weighted by molar-refractivity contribution is 7.94. The van der Waals surface area contributed by atoms with Crippen LogP contribution in [0.3, 0.4) is 0 Å². The molecule has 0 amide bonds. The van der Waals surface area contributed by atoms with Crippen LogP contribution in [0.2, 0.25) is 0 Å². The van der Waals surface area contributed by atoms with Gasteiger partial charge in [-0.15, -0.1) is 0 Å². The van der Waals surface area contributed by atoms with Gasteiger partial charge in [-0.05, 0) is 61.0 Å². The van der Waals surface area contributed by atoms with Gasteiger partial charge >= 0.3 is 0 Å². The van der Waals surface area contributed by atoms with Crippen LogP contribution < -0.4 is 9.47 Å². The molecular weight excluding hydrogens is 395 g/mol. The zero-order valence-electron chi connectivity index (χ0n) is 16.2. The molecule has 156 valence electrons. The van der Waals surface area contributed by atoms with Gasteiger partial charge in [0.2, 0.25) is 0 Å². The second kappa shape index (κ2) is 8.77. The number of aromatic hydroxyl groups is 1. The fourth-order valence-corrected chi connectivity index (χ4v) is 5.00. The van der Waals surface area contributed by atoms with Gasteiger partial charge < -0.3 is 24.0 Å². The minimum absolute atomic E-state index is 0.00975. The normalized spacial score (nSPS) is 25.0. The molecule has 2 heterocycles. The van der Waals surface area contributed by atoms with Crippen LogP contribution in [0.1, 0.15) is 23.8 Å². The number of rotatable bonds is 7. The molecule has 4 atom stereocenters. The molecule has 1 unspecified atom stereocenters. The van der Waals surface area contributed by atoms with E-state index in [2.05, 4.69) is 9.88 Å². The summed E-state index contributed by atoms with van der Waals surface area (Å²) in [6, 6.07) is 7.89. The van der Waals surface area contributed by atoms with E-state index in [9.17, 15) is 14.0 Å². The number of hydrogen-bond donors (Lipinski definition) is 2. The molecule has 2 aliphatic rings. The highest BCUT2D eigenvalue weighted by Crippen LogP contribution is 2.41. The van der Waals surface area contributed by atoms with E-state index in [-0.39, 0.29) is 28.7 Å². The summed E-state index contributed by atoms with van der Waals surface area (Å²) in [7, 11) is 1.55. The van der Waals surface area contributed by atoms with E-state index in [0.29, 0.717) is 24.1 Å². The number of aromatic nitrogens is 1. The van der Waals surface area contributed by atoms with E-state index in [1.54, 1.807) is 31.4 Å². The van der Waals surface area contributed by atoms with Crippen LogP contribution in [0.4, 0.5) is 4.39 Å². The molecule has 1 saturated carbocycles. The molecule has 2 fully saturated rings. The predicted octanol–water partition coefficient (Wildman–Crippen LogP) is 3.97. The van der Waals surface area contributed by atoms with Crippen LogP contribution in [0.25, 0.3) is 0 Å². The Morgan fingerprint density at radius 2 is 2.00 bits per heavy atom. The van der Waals surface area contributed by atoms with Gasteiger partial charge in [0.15, 0.2) is 11.6 Å². The van der Waals surface area contributed by atoms with Crippen molar-refractivity contribution in [2.24, 2.45) is 11.8 Å². The fourth-order valence-electron chi connectivity index (χ4n) is 4.47. The zero-order chi connectivity index (χ0) is 20.4. The Balaban J connectivity index is 1.32. The number of nitrogens with zero attached hydrogens (tertiary/aromatic N) is 2. The lowest BCUT2D eigenvalue weighted by atomic mass is 10.0. The monoisotopic (exact) mass is 420 g/mol. The number of halogens is 1. The van der Waals surface area contributed by atoms with Crippen molar-refractivity contribution in [1.29, 1.82) is 0 Å². The number of likely N-dealkylation sites (tertiary alicyclic amines) is 1. The number of hydrogen-bond acceptors (Lipinski definition) is 7. The Kier molecular flexibility index (Phi) is 6.12. The van der Waals surface area contributed by atoms with Gasteiger partial charge in [0.1, 0.15) is 11.5 Å². The van der Waals surface area contributed by atoms with Crippen molar-refractivity contribution >= 4 is 12.0 Å². The van der Waals surface area contributed by atoms with Crippen LogP contribution in [-0.2, 0) is 0 Å². The van der Waals surface area contributed by atoms with E-state index >= 15 is 0 Å². The van der Waals surface area contributed by atoms with Crippen molar-refractivity contribution in [3.05, 3.63) is 48.0 Å². The summed E-state index contributed by atoms with van der Waals surface area (Å²) in [5, 5.41) is 9.24. The summed E-state index contributed by atoms with van der Waals surface area (Å²) in [5.41, 5.74) is 0.752. The molecule has 1 aliphatic heterocycles. The Hall–Kier alpha value is -2.03. The molecule has 1 aromatic carbocycles. The minimum atomic E-state index is -0.367. The molecule has 6 nitrogen and oxygen atoms in total. The van der Waals surface area contributed by atoms with Gasteiger partial charge in [0, 0.05) is 25.7 Å². The topological polar surface area (TPSA) is 75.1 Å². The Morgan fingerprint density at radius 1 is 1.24 bits per heavy atom. The highest BCUT2D eigenvalue weighted by Gasteiger charge is 2.42. The van der Waals surface area contributed by atoms with Crippen LogP contribution in [0.15, 0.2) is 36.5 Å². The minimum Gasteiger partial charge on any atom is -0.506 e. The van der Waals surface area contributed by atoms with Crippen LogP contribution in [0, 0.1) is 17.7 Å². The number of methoxy groups -OCH3 is 1. The number of fused-ring (bicyclic) bond motifs is 1. The summed E-state index contributed by atoms with van der Waals surface area (Å²) in [6.07, 6.45) is 3.20. The summed E-state index contributed by atoms with van der Waals surface area (Å²) >= 11 is 0.787. The third-order valence-corrected chi connectivity index (χ3v) is 6.51. The average Bonchev–Trinajstić information content (AvgIpc) is 3.26. The molecule has 0 radical (unpaired) electrons. The molecule has 2 N–H and O–H groups in total. The van der Waals surface area contributed by atoms with Gasteiger partial charge in [-0.3, -0.25) is 4.98 Å². The van der Waals surface area contributed by atoms with Crippen LogP contribution in [-0.4, -0.2) is 52.4 Å². The van der Waals surface area contributed by atoms with E-state index in [4.69, 9.17) is 9.47 Å². The maximum absolute atomic E-state index is 14.0. The maximum Gasteiger partial charge on any atom is 0.165 e. The Morgan fingerprint density at radius 3 is 2.62 bits per heavy atom. The van der Waals surface area contributed by atoms with Crippen molar-refractivity contribution < 1.29 is 23.5 Å². The third-order valence-electron chi connectivity index (χ3n) is 5.87. The van der Waals surface area contributed by atoms with Crippen LogP contribution >= 0.6 is 12.0 Å². The molecule has 4 rings (SSSR count). The molecule has 1 aliphatic carbocycles. The standard InChI is InChI=1S/C21H25FN2O4S/c1-27-16-3-4-18(22)20(8-16)28-17-6-13-10-24(11-14(13)7-17)12-21(29-26)19-5-2-15(25)9-23-19/h2-5,8-9,13-14,17,21,25-26H,6-7,10-12H2,1H3/t13-,14+,17+,21?. The second-order valence-corrected chi connectivity index (χ2v) is 8.56. The van der Waals surface area contributed by atoms with Crippen molar-refractivity contribution in [2.75, 3.05) is 26.7 Å². The Bertz CT molecular complexity index is 824. The lowest BCUT2D eigenvalue weighted by molar-refractivity contribution is 0.178. The first-order valence-electron chi connectivity index (χ1n) is 9.73.